The van der Waals surface area contributed by atoms with Crippen LogP contribution in [0.25, 0.3) is 10.2 Å². The number of para-hydroxylation sites is 1. The minimum Gasteiger partial charge on any atom is -0.322 e. The summed E-state index contributed by atoms with van der Waals surface area (Å²) in [5.74, 6) is 0.0113. The molecule has 0 bridgehead atoms. The van der Waals surface area contributed by atoms with Crippen molar-refractivity contribution in [2.24, 2.45) is 7.05 Å². The lowest BCUT2D eigenvalue weighted by Gasteiger charge is -2.22. The van der Waals surface area contributed by atoms with Crippen molar-refractivity contribution in [2.75, 3.05) is 18.4 Å². The largest absolute Gasteiger partial charge is 0.322 e. The van der Waals surface area contributed by atoms with E-state index in [-0.39, 0.29) is 11.9 Å². The number of nitrogens with zero attached hydrogens (tertiary/aromatic N) is 4. The Labute approximate surface area is 156 Å². The van der Waals surface area contributed by atoms with Gasteiger partial charge in [-0.25, -0.2) is 4.98 Å². The van der Waals surface area contributed by atoms with Crippen molar-refractivity contribution in [2.45, 2.75) is 32.7 Å². The van der Waals surface area contributed by atoms with Crippen LogP contribution in [0.4, 0.5) is 5.69 Å². The fourth-order valence-corrected chi connectivity index (χ4v) is 4.78. The number of nitrogens with one attached hydrogen (secondary N) is 1. The second-order valence-electron chi connectivity index (χ2n) is 6.87. The third-order valence-corrected chi connectivity index (χ3v) is 6.22. The van der Waals surface area contributed by atoms with Crippen LogP contribution in [0.3, 0.4) is 0 Å². The van der Waals surface area contributed by atoms with E-state index in [9.17, 15) is 4.79 Å². The average Bonchev–Trinajstić information content (AvgIpc) is 3.29. The number of carbonyl (C=O) groups is 1. The molecule has 1 fully saturated rings. The van der Waals surface area contributed by atoms with Crippen molar-refractivity contribution in [1.29, 1.82) is 0 Å². The second-order valence-corrected chi connectivity index (χ2v) is 7.93. The highest BCUT2D eigenvalue weighted by Crippen LogP contribution is 2.36. The zero-order chi connectivity index (χ0) is 18.3. The molecule has 1 N–H and O–H groups in total. The Hall–Kier alpha value is -2.25. The molecule has 3 heterocycles. The van der Waals surface area contributed by atoms with Crippen LogP contribution in [0.15, 0.2) is 24.3 Å². The molecule has 4 rings (SSSR count). The number of aryl methyl sites for hydroxylation is 2. The second kappa shape index (κ2) is 6.81. The van der Waals surface area contributed by atoms with Gasteiger partial charge in [0.25, 0.3) is 0 Å². The van der Waals surface area contributed by atoms with E-state index < -0.39 is 0 Å². The summed E-state index contributed by atoms with van der Waals surface area (Å²) in [5.41, 5.74) is 3.70. The fraction of sp³-hybridized carbons (Fsp3) is 0.421. The Morgan fingerprint density at radius 2 is 2.15 bits per heavy atom. The molecule has 1 aliphatic heterocycles. The lowest BCUT2D eigenvalue weighted by Crippen LogP contribution is -2.33. The van der Waals surface area contributed by atoms with Crippen LogP contribution >= 0.6 is 11.3 Å². The molecule has 2 aromatic heterocycles. The summed E-state index contributed by atoms with van der Waals surface area (Å²) >= 11 is 1.74. The van der Waals surface area contributed by atoms with Gasteiger partial charge in [0, 0.05) is 7.05 Å². The van der Waals surface area contributed by atoms with Gasteiger partial charge in [0.05, 0.1) is 39.9 Å². The molecule has 1 aromatic carbocycles. The maximum absolute atomic E-state index is 12.6. The van der Waals surface area contributed by atoms with E-state index in [1.807, 2.05) is 33.0 Å². The predicted octanol–water partition coefficient (Wildman–Crippen LogP) is 3.42. The van der Waals surface area contributed by atoms with Gasteiger partial charge in [-0.2, -0.15) is 5.10 Å². The number of hydrogen-bond donors (Lipinski definition) is 1. The number of thiazole rings is 1. The molecule has 0 spiro atoms. The molecule has 1 aliphatic rings. The highest BCUT2D eigenvalue weighted by atomic mass is 32.1. The van der Waals surface area contributed by atoms with Gasteiger partial charge in [0.1, 0.15) is 5.01 Å². The summed E-state index contributed by atoms with van der Waals surface area (Å²) in [6.45, 7) is 5.20. The summed E-state index contributed by atoms with van der Waals surface area (Å²) in [7, 11) is 1.89. The zero-order valence-electron chi connectivity index (χ0n) is 15.3. The highest BCUT2D eigenvalue weighted by molar-refractivity contribution is 7.18. The third-order valence-electron chi connectivity index (χ3n) is 5.08. The lowest BCUT2D eigenvalue weighted by atomic mass is 10.2. The molecule has 1 atom stereocenters. The molecule has 0 radical (unpaired) electrons. The Morgan fingerprint density at radius 3 is 2.88 bits per heavy atom. The van der Waals surface area contributed by atoms with Crippen LogP contribution in [0, 0.1) is 13.8 Å². The minimum absolute atomic E-state index is 0.0113. The standard InChI is InChI=1S/C19H23N5OS/c1-12-18(13(2)23(3)22-12)21-17(25)11-24-10-6-8-15(24)19-20-14-7-4-5-9-16(14)26-19/h4-5,7,9,15H,6,8,10-11H2,1-3H3,(H,21,25)/t15-/m1/s1. The summed E-state index contributed by atoms with van der Waals surface area (Å²) < 4.78 is 3.01. The van der Waals surface area contributed by atoms with E-state index >= 15 is 0 Å². The van der Waals surface area contributed by atoms with E-state index in [4.69, 9.17) is 4.98 Å². The van der Waals surface area contributed by atoms with Crippen molar-refractivity contribution < 1.29 is 4.79 Å². The van der Waals surface area contributed by atoms with Gasteiger partial charge in [-0.1, -0.05) is 12.1 Å². The normalized spacial score (nSPS) is 17.9. The van der Waals surface area contributed by atoms with Crippen LogP contribution in [0.1, 0.15) is 35.3 Å². The summed E-state index contributed by atoms with van der Waals surface area (Å²) in [5, 5.41) is 8.52. The Balaban J connectivity index is 1.49. The van der Waals surface area contributed by atoms with Crippen molar-refractivity contribution in [1.82, 2.24) is 19.7 Å². The Kier molecular flexibility index (Phi) is 4.50. The SMILES string of the molecule is Cc1nn(C)c(C)c1NC(=O)CN1CCC[C@@H]1c1nc2ccccc2s1. The van der Waals surface area contributed by atoms with Crippen molar-refractivity contribution in [3.63, 3.8) is 0 Å². The number of likely N-dealkylation sites (tertiary alicyclic amines) is 1. The first-order valence-electron chi connectivity index (χ1n) is 8.92. The fourth-order valence-electron chi connectivity index (χ4n) is 3.65. The van der Waals surface area contributed by atoms with E-state index in [1.165, 1.54) is 4.70 Å². The molecule has 26 heavy (non-hydrogen) atoms. The zero-order valence-corrected chi connectivity index (χ0v) is 16.1. The molecule has 0 aliphatic carbocycles. The lowest BCUT2D eigenvalue weighted by molar-refractivity contribution is -0.117. The number of amides is 1. The monoisotopic (exact) mass is 369 g/mol. The molecule has 136 valence electrons. The first kappa shape index (κ1) is 17.2. The van der Waals surface area contributed by atoms with Crippen LogP contribution in [0.2, 0.25) is 0 Å². The van der Waals surface area contributed by atoms with Crippen molar-refractivity contribution in [3.8, 4) is 0 Å². The minimum atomic E-state index is 0.0113. The van der Waals surface area contributed by atoms with E-state index in [0.717, 1.165) is 47.0 Å². The van der Waals surface area contributed by atoms with Gasteiger partial charge in [-0.3, -0.25) is 14.4 Å². The van der Waals surface area contributed by atoms with Crippen LogP contribution in [0.5, 0.6) is 0 Å². The Morgan fingerprint density at radius 1 is 1.35 bits per heavy atom. The van der Waals surface area contributed by atoms with E-state index in [2.05, 4.69) is 27.4 Å². The van der Waals surface area contributed by atoms with E-state index in [1.54, 1.807) is 16.0 Å². The first-order chi connectivity index (χ1) is 12.5. The molecule has 0 saturated carbocycles. The van der Waals surface area contributed by atoms with Gasteiger partial charge >= 0.3 is 0 Å². The molecular weight excluding hydrogens is 346 g/mol. The van der Waals surface area contributed by atoms with Crippen molar-refractivity contribution >= 4 is 33.1 Å². The topological polar surface area (TPSA) is 63.1 Å². The first-order valence-corrected chi connectivity index (χ1v) is 9.74. The number of rotatable bonds is 4. The highest BCUT2D eigenvalue weighted by Gasteiger charge is 2.30. The number of benzene rings is 1. The van der Waals surface area contributed by atoms with Crippen LogP contribution in [-0.2, 0) is 11.8 Å². The molecule has 3 aromatic rings. The quantitative estimate of drug-likeness (QED) is 0.765. The molecule has 6 nitrogen and oxygen atoms in total. The number of hydrogen-bond acceptors (Lipinski definition) is 5. The summed E-state index contributed by atoms with van der Waals surface area (Å²) in [6.07, 6.45) is 2.15. The predicted molar refractivity (Wildman–Crippen MR) is 104 cm³/mol. The summed E-state index contributed by atoms with van der Waals surface area (Å²) in [4.78, 5) is 19.7. The van der Waals surface area contributed by atoms with Gasteiger partial charge in [0.15, 0.2) is 0 Å². The van der Waals surface area contributed by atoms with Gasteiger partial charge < -0.3 is 5.32 Å². The van der Waals surface area contributed by atoms with Gasteiger partial charge in [0.2, 0.25) is 5.91 Å². The molecular formula is C19H23N5OS. The molecule has 0 unspecified atom stereocenters. The smallest absolute Gasteiger partial charge is 0.238 e. The van der Waals surface area contributed by atoms with Crippen LogP contribution < -0.4 is 5.32 Å². The number of fused-ring (bicyclic) bond motifs is 1. The number of aromatic nitrogens is 3. The van der Waals surface area contributed by atoms with Gasteiger partial charge in [-0.05, 0) is 45.4 Å². The molecule has 1 saturated heterocycles. The average molecular weight is 369 g/mol. The molecule has 1 amide bonds. The number of carbonyl (C=O) groups excluding carboxylic acids is 1. The maximum atomic E-state index is 12.6. The Bertz CT molecular complexity index is 927. The maximum Gasteiger partial charge on any atom is 0.238 e. The number of anilines is 1. The third kappa shape index (κ3) is 3.12. The molecule has 7 heteroatoms. The van der Waals surface area contributed by atoms with Gasteiger partial charge in [-0.15, -0.1) is 11.3 Å². The van der Waals surface area contributed by atoms with E-state index in [0.29, 0.717) is 6.54 Å². The van der Waals surface area contributed by atoms with Crippen LogP contribution in [-0.4, -0.2) is 38.7 Å². The van der Waals surface area contributed by atoms with Crippen molar-refractivity contribution in [3.05, 3.63) is 40.7 Å². The summed E-state index contributed by atoms with van der Waals surface area (Å²) in [6, 6.07) is 8.45.